The van der Waals surface area contributed by atoms with E-state index >= 15 is 0 Å². The van der Waals surface area contributed by atoms with E-state index in [2.05, 4.69) is 44.7 Å². The SMILES string of the molecule is CCCC(C/C=C1\CC(COC(=O)C(C)(C)Cc2cc3cc(C#Cc4ccc(C)cc4)ccc3o2)OC1=O)CCC.COCc1ccccc1. The van der Waals surface area contributed by atoms with Gasteiger partial charge in [-0.15, -0.1) is 0 Å². The molecule has 4 aromatic rings. The Hall–Kier alpha value is -4.60. The predicted octanol–water partition coefficient (Wildman–Crippen LogP) is 9.93. The lowest BCUT2D eigenvalue weighted by Crippen LogP contribution is -2.31. The minimum atomic E-state index is -0.809. The Morgan fingerprint density at radius 3 is 2.32 bits per heavy atom. The van der Waals surface area contributed by atoms with Gasteiger partial charge in [-0.25, -0.2) is 4.79 Å². The monoisotopic (exact) mass is 676 g/mol. The average Bonchev–Trinajstić information content (AvgIpc) is 3.67. The second-order valence-electron chi connectivity index (χ2n) is 13.8. The Morgan fingerprint density at radius 1 is 0.960 bits per heavy atom. The summed E-state index contributed by atoms with van der Waals surface area (Å²) in [4.78, 5) is 25.4. The van der Waals surface area contributed by atoms with Crippen LogP contribution in [-0.4, -0.2) is 31.8 Å². The number of methoxy groups -OCH3 is 1. The van der Waals surface area contributed by atoms with Crippen molar-refractivity contribution in [3.8, 4) is 11.8 Å². The van der Waals surface area contributed by atoms with Crippen LogP contribution >= 0.6 is 0 Å². The highest BCUT2D eigenvalue weighted by molar-refractivity contribution is 5.90. The molecular formula is C44H52O6. The zero-order chi connectivity index (χ0) is 35.9. The Bertz CT molecular complexity index is 1760. The number of fused-ring (bicyclic) bond motifs is 1. The van der Waals surface area contributed by atoms with Gasteiger partial charge in [-0.05, 0) is 75.1 Å². The maximum atomic E-state index is 13.0. The number of benzene rings is 3. The summed E-state index contributed by atoms with van der Waals surface area (Å²) in [5.41, 5.74) is 4.94. The number of carbonyl (C=O) groups excluding carboxylic acids is 2. The van der Waals surface area contributed by atoms with Gasteiger partial charge in [0.2, 0.25) is 0 Å². The summed E-state index contributed by atoms with van der Waals surface area (Å²) in [6, 6.07) is 26.1. The summed E-state index contributed by atoms with van der Waals surface area (Å²) >= 11 is 0. The number of esters is 2. The van der Waals surface area contributed by atoms with Gasteiger partial charge in [-0.3, -0.25) is 4.79 Å². The maximum absolute atomic E-state index is 13.0. The molecule has 1 aromatic heterocycles. The number of hydrogen-bond acceptors (Lipinski definition) is 6. The summed E-state index contributed by atoms with van der Waals surface area (Å²) in [6.45, 7) is 10.9. The van der Waals surface area contributed by atoms with Gasteiger partial charge in [0, 0.05) is 42.0 Å². The molecule has 0 amide bonds. The molecule has 0 aliphatic carbocycles. The minimum Gasteiger partial charge on any atom is -0.461 e. The van der Waals surface area contributed by atoms with Crippen molar-refractivity contribution in [3.63, 3.8) is 0 Å². The van der Waals surface area contributed by atoms with Crippen LogP contribution in [0.5, 0.6) is 0 Å². The van der Waals surface area contributed by atoms with Crippen LogP contribution in [-0.2, 0) is 36.8 Å². The van der Waals surface area contributed by atoms with Gasteiger partial charge in [0.1, 0.15) is 24.1 Å². The molecule has 1 aliphatic heterocycles. The van der Waals surface area contributed by atoms with E-state index in [1.165, 1.54) is 11.1 Å². The van der Waals surface area contributed by atoms with Crippen LogP contribution in [0, 0.1) is 30.1 Å². The normalized spacial score (nSPS) is 15.0. The number of ether oxygens (including phenoxy) is 3. The quantitative estimate of drug-likeness (QED) is 0.0797. The molecule has 6 heteroatoms. The average molecular weight is 677 g/mol. The molecule has 0 radical (unpaired) electrons. The number of aryl methyl sites for hydroxylation is 1. The number of carbonyl (C=O) groups is 2. The highest BCUT2D eigenvalue weighted by atomic mass is 16.6. The van der Waals surface area contributed by atoms with E-state index in [9.17, 15) is 9.59 Å². The summed E-state index contributed by atoms with van der Waals surface area (Å²) in [7, 11) is 1.70. The number of allylic oxidation sites excluding steroid dienone is 1. The second-order valence-corrected chi connectivity index (χ2v) is 13.8. The predicted molar refractivity (Wildman–Crippen MR) is 199 cm³/mol. The molecule has 50 heavy (non-hydrogen) atoms. The van der Waals surface area contributed by atoms with E-state index in [0.29, 0.717) is 36.7 Å². The molecule has 1 saturated heterocycles. The molecule has 0 saturated carbocycles. The lowest BCUT2D eigenvalue weighted by atomic mass is 9.88. The van der Waals surface area contributed by atoms with Crippen molar-refractivity contribution in [3.05, 3.63) is 119 Å². The number of cyclic esters (lactones) is 1. The van der Waals surface area contributed by atoms with Crippen LogP contribution < -0.4 is 0 Å². The molecule has 3 aromatic carbocycles. The van der Waals surface area contributed by atoms with Gasteiger partial charge in [-0.1, -0.05) is 105 Å². The Labute approximate surface area is 298 Å². The third-order valence-electron chi connectivity index (χ3n) is 8.77. The molecule has 5 rings (SSSR count). The number of rotatable bonds is 13. The van der Waals surface area contributed by atoms with Gasteiger partial charge in [-0.2, -0.15) is 0 Å². The topological polar surface area (TPSA) is 75.0 Å². The zero-order valence-electron chi connectivity index (χ0n) is 30.6. The minimum absolute atomic E-state index is 0.0574. The van der Waals surface area contributed by atoms with Gasteiger partial charge in [0.05, 0.1) is 12.0 Å². The van der Waals surface area contributed by atoms with Crippen molar-refractivity contribution in [2.45, 2.75) is 92.3 Å². The van der Waals surface area contributed by atoms with Gasteiger partial charge >= 0.3 is 11.9 Å². The Kier molecular flexibility index (Phi) is 14.5. The fraction of sp³-hybridized carbons (Fsp3) is 0.409. The van der Waals surface area contributed by atoms with E-state index in [1.807, 2.05) is 86.7 Å². The molecule has 0 N–H and O–H groups in total. The van der Waals surface area contributed by atoms with E-state index in [0.717, 1.165) is 54.2 Å². The van der Waals surface area contributed by atoms with E-state index < -0.39 is 11.5 Å². The number of hydrogen-bond donors (Lipinski definition) is 0. The van der Waals surface area contributed by atoms with Crippen molar-refractivity contribution < 1.29 is 28.2 Å². The van der Waals surface area contributed by atoms with Crippen LogP contribution in [0.1, 0.15) is 94.2 Å². The van der Waals surface area contributed by atoms with Crippen LogP contribution in [0.2, 0.25) is 0 Å². The molecule has 1 fully saturated rings. The second kappa shape index (κ2) is 19.0. The van der Waals surface area contributed by atoms with Gasteiger partial charge < -0.3 is 18.6 Å². The fourth-order valence-corrected chi connectivity index (χ4v) is 6.02. The molecule has 1 aliphatic rings. The summed E-state index contributed by atoms with van der Waals surface area (Å²) < 4.78 is 22.1. The van der Waals surface area contributed by atoms with Crippen molar-refractivity contribution in [2.24, 2.45) is 11.3 Å². The highest BCUT2D eigenvalue weighted by Gasteiger charge is 2.34. The van der Waals surface area contributed by atoms with Crippen LogP contribution in [0.4, 0.5) is 0 Å². The lowest BCUT2D eigenvalue weighted by Gasteiger charge is -2.22. The molecule has 1 atom stereocenters. The fourth-order valence-electron chi connectivity index (χ4n) is 6.02. The Balaban J connectivity index is 0.000000541. The molecule has 0 spiro atoms. The molecule has 264 valence electrons. The first-order valence-corrected chi connectivity index (χ1v) is 17.8. The number of furan rings is 1. The van der Waals surface area contributed by atoms with E-state index in [-0.39, 0.29) is 18.5 Å². The third-order valence-corrected chi connectivity index (χ3v) is 8.77. The first-order valence-electron chi connectivity index (χ1n) is 17.8. The van der Waals surface area contributed by atoms with Crippen molar-refractivity contribution in [2.75, 3.05) is 13.7 Å². The van der Waals surface area contributed by atoms with E-state index in [4.69, 9.17) is 18.6 Å². The first-order chi connectivity index (χ1) is 24.1. The molecule has 1 unspecified atom stereocenters. The van der Waals surface area contributed by atoms with Gasteiger partial charge in [0.25, 0.3) is 0 Å². The van der Waals surface area contributed by atoms with Gasteiger partial charge in [0.15, 0.2) is 0 Å². The van der Waals surface area contributed by atoms with Crippen LogP contribution in [0.25, 0.3) is 11.0 Å². The summed E-state index contributed by atoms with van der Waals surface area (Å²) in [5, 5.41) is 0.942. The Morgan fingerprint density at radius 2 is 1.64 bits per heavy atom. The first kappa shape index (κ1) is 38.2. The molecular weight excluding hydrogens is 624 g/mol. The smallest absolute Gasteiger partial charge is 0.334 e. The molecule has 6 nitrogen and oxygen atoms in total. The maximum Gasteiger partial charge on any atom is 0.334 e. The summed E-state index contributed by atoms with van der Waals surface area (Å²) in [5.74, 6) is 7.08. The largest absolute Gasteiger partial charge is 0.461 e. The molecule has 2 heterocycles. The van der Waals surface area contributed by atoms with Crippen molar-refractivity contribution in [1.82, 2.24) is 0 Å². The standard InChI is InChI=1S/C36H42O5.C8H10O/c1-6-8-26(9-7-2)16-18-29-21-32(41-34(29)37)24-39-35(38)36(4,5)23-31-22-30-20-28(17-19-33(30)40-31)15-14-27-12-10-25(3)11-13-27;1-9-7-8-5-3-2-4-6-8/h10-13,17-20,22,26,32H,6-9,16,21,23-24H2,1-5H3;2-6H,7H2,1H3/b29-18+;. The highest BCUT2D eigenvalue weighted by Crippen LogP contribution is 2.30. The van der Waals surface area contributed by atoms with Crippen LogP contribution in [0.15, 0.2) is 94.9 Å². The zero-order valence-corrected chi connectivity index (χ0v) is 30.6. The van der Waals surface area contributed by atoms with Crippen LogP contribution in [0.3, 0.4) is 0 Å². The molecule has 0 bridgehead atoms. The van der Waals surface area contributed by atoms with Crippen molar-refractivity contribution in [1.29, 1.82) is 0 Å². The lowest BCUT2D eigenvalue weighted by molar-refractivity contribution is -0.160. The third kappa shape index (κ3) is 11.8. The van der Waals surface area contributed by atoms with E-state index in [1.54, 1.807) is 7.11 Å². The summed E-state index contributed by atoms with van der Waals surface area (Å²) in [6.07, 6.45) is 7.97. The van der Waals surface area contributed by atoms with Crippen molar-refractivity contribution >= 4 is 22.9 Å².